The number of rotatable bonds is 8. The van der Waals surface area contributed by atoms with Crippen molar-refractivity contribution in [1.29, 1.82) is 0 Å². The highest BCUT2D eigenvalue weighted by Gasteiger charge is 2.34. The molecule has 6 nitrogen and oxygen atoms in total. The fourth-order valence-corrected chi connectivity index (χ4v) is 5.46. The predicted molar refractivity (Wildman–Crippen MR) is 125 cm³/mol. The molecule has 1 aliphatic heterocycles. The first-order valence-corrected chi connectivity index (χ1v) is 12.7. The normalized spacial score (nSPS) is 20.4. The van der Waals surface area contributed by atoms with Crippen LogP contribution in [-0.2, 0) is 27.4 Å². The number of nitrogens with zero attached hydrogens (tertiary/aromatic N) is 3. The Labute approximate surface area is 194 Å². The second kappa shape index (κ2) is 11.6. The molecule has 1 aliphatic carbocycles. The highest BCUT2D eigenvalue weighted by molar-refractivity contribution is 7.09. The Morgan fingerprint density at radius 1 is 1.16 bits per heavy atom. The SMILES string of the molecule is O=C(CCCc1cccs1)N1CC(=O)N(C2CCCCC2)C[C@H](OCc2cccnc2)C1. The van der Waals surface area contributed by atoms with E-state index in [0.29, 0.717) is 26.1 Å². The average Bonchev–Trinajstić information content (AvgIpc) is 3.28. The zero-order valence-electron chi connectivity index (χ0n) is 18.7. The van der Waals surface area contributed by atoms with Crippen LogP contribution in [0.2, 0.25) is 0 Å². The summed E-state index contributed by atoms with van der Waals surface area (Å²) in [7, 11) is 0. The summed E-state index contributed by atoms with van der Waals surface area (Å²) in [4.78, 5) is 35.4. The van der Waals surface area contributed by atoms with Crippen LogP contribution in [0.5, 0.6) is 0 Å². The minimum atomic E-state index is -0.190. The Balaban J connectivity index is 1.40. The minimum absolute atomic E-state index is 0.0513. The van der Waals surface area contributed by atoms with Crippen molar-refractivity contribution in [3.05, 3.63) is 52.5 Å². The molecule has 2 fully saturated rings. The first-order valence-electron chi connectivity index (χ1n) is 11.8. The van der Waals surface area contributed by atoms with Crippen molar-refractivity contribution in [3.63, 3.8) is 0 Å². The van der Waals surface area contributed by atoms with Gasteiger partial charge in [0.2, 0.25) is 11.8 Å². The standard InChI is InChI=1S/C25H33N3O3S/c29-24(12-4-10-23-11-6-14-32-23)27-16-22(31-19-20-7-5-13-26-15-20)17-28(25(30)18-27)21-8-2-1-3-9-21/h5-7,11,13-15,21-22H,1-4,8-10,12,16-19H2/t22-/m1/s1. The maximum Gasteiger partial charge on any atom is 0.242 e. The number of hydrogen-bond acceptors (Lipinski definition) is 5. The van der Waals surface area contributed by atoms with Crippen molar-refractivity contribution >= 4 is 23.2 Å². The van der Waals surface area contributed by atoms with Gasteiger partial charge in [0.25, 0.3) is 0 Å². The molecule has 0 unspecified atom stereocenters. The smallest absolute Gasteiger partial charge is 0.242 e. The first-order chi connectivity index (χ1) is 15.7. The summed E-state index contributed by atoms with van der Waals surface area (Å²) in [5.74, 6) is 0.117. The van der Waals surface area contributed by atoms with Crippen molar-refractivity contribution in [2.75, 3.05) is 19.6 Å². The van der Waals surface area contributed by atoms with Gasteiger partial charge in [-0.3, -0.25) is 14.6 Å². The Morgan fingerprint density at radius 2 is 2.03 bits per heavy atom. The molecule has 2 aromatic heterocycles. The van der Waals surface area contributed by atoms with E-state index in [4.69, 9.17) is 4.74 Å². The van der Waals surface area contributed by atoms with Gasteiger partial charge in [0, 0.05) is 42.8 Å². The van der Waals surface area contributed by atoms with Crippen LogP contribution >= 0.6 is 11.3 Å². The minimum Gasteiger partial charge on any atom is -0.370 e. The topological polar surface area (TPSA) is 62.7 Å². The summed E-state index contributed by atoms with van der Waals surface area (Å²) in [6.45, 7) is 1.63. The molecule has 32 heavy (non-hydrogen) atoms. The van der Waals surface area contributed by atoms with Gasteiger partial charge in [-0.15, -0.1) is 11.3 Å². The lowest BCUT2D eigenvalue weighted by molar-refractivity contribution is -0.140. The molecule has 7 heteroatoms. The van der Waals surface area contributed by atoms with Crippen LogP contribution in [0.1, 0.15) is 55.4 Å². The van der Waals surface area contributed by atoms with Gasteiger partial charge >= 0.3 is 0 Å². The van der Waals surface area contributed by atoms with Gasteiger partial charge in [0.1, 0.15) is 0 Å². The number of hydrogen-bond donors (Lipinski definition) is 0. The Morgan fingerprint density at radius 3 is 2.78 bits per heavy atom. The molecule has 172 valence electrons. The maximum atomic E-state index is 13.2. The molecule has 3 heterocycles. The molecule has 0 bridgehead atoms. The molecule has 2 aromatic rings. The summed E-state index contributed by atoms with van der Waals surface area (Å²) >= 11 is 1.72. The highest BCUT2D eigenvalue weighted by Crippen LogP contribution is 2.25. The summed E-state index contributed by atoms with van der Waals surface area (Å²) in [5, 5.41) is 2.06. The average molecular weight is 456 g/mol. The van der Waals surface area contributed by atoms with Crippen molar-refractivity contribution < 1.29 is 14.3 Å². The number of aryl methyl sites for hydroxylation is 1. The van der Waals surface area contributed by atoms with Gasteiger partial charge in [-0.05, 0) is 48.8 Å². The molecule has 4 rings (SSSR count). The second-order valence-electron chi connectivity index (χ2n) is 8.84. The number of thiophene rings is 1. The Kier molecular flexibility index (Phi) is 8.29. The molecule has 2 amide bonds. The molecule has 0 N–H and O–H groups in total. The molecule has 1 saturated heterocycles. The van der Waals surface area contributed by atoms with Crippen molar-refractivity contribution in [2.24, 2.45) is 0 Å². The number of amides is 2. The van der Waals surface area contributed by atoms with E-state index in [-0.39, 0.29) is 30.5 Å². The van der Waals surface area contributed by atoms with E-state index in [2.05, 4.69) is 16.4 Å². The van der Waals surface area contributed by atoms with Gasteiger partial charge < -0.3 is 14.5 Å². The molecule has 0 radical (unpaired) electrons. The predicted octanol–water partition coefficient (Wildman–Crippen LogP) is 4.05. The quantitative estimate of drug-likeness (QED) is 0.602. The van der Waals surface area contributed by atoms with Crippen molar-refractivity contribution in [2.45, 2.75) is 70.1 Å². The van der Waals surface area contributed by atoms with Crippen LogP contribution in [0.3, 0.4) is 0 Å². The largest absolute Gasteiger partial charge is 0.370 e. The monoisotopic (exact) mass is 455 g/mol. The number of carbonyl (C=O) groups is 2. The van der Waals surface area contributed by atoms with Gasteiger partial charge in [-0.25, -0.2) is 0 Å². The molecular weight excluding hydrogens is 422 g/mol. The van der Waals surface area contributed by atoms with E-state index in [1.807, 2.05) is 23.1 Å². The number of pyridine rings is 1. The van der Waals surface area contributed by atoms with E-state index >= 15 is 0 Å². The zero-order valence-corrected chi connectivity index (χ0v) is 19.5. The van der Waals surface area contributed by atoms with E-state index in [0.717, 1.165) is 31.2 Å². The van der Waals surface area contributed by atoms with Crippen LogP contribution in [0.15, 0.2) is 42.0 Å². The third kappa shape index (κ3) is 6.39. The summed E-state index contributed by atoms with van der Waals surface area (Å²) in [6, 6.07) is 8.30. The Hall–Kier alpha value is -2.25. The van der Waals surface area contributed by atoms with Crippen molar-refractivity contribution in [1.82, 2.24) is 14.8 Å². The second-order valence-corrected chi connectivity index (χ2v) is 9.87. The van der Waals surface area contributed by atoms with Gasteiger partial charge in [-0.2, -0.15) is 0 Å². The molecule has 1 saturated carbocycles. The summed E-state index contributed by atoms with van der Waals surface area (Å²) in [5.41, 5.74) is 1.00. The Bertz CT molecular complexity index is 853. The van der Waals surface area contributed by atoms with Crippen LogP contribution in [0.25, 0.3) is 0 Å². The van der Waals surface area contributed by atoms with E-state index < -0.39 is 0 Å². The first kappa shape index (κ1) is 22.9. The van der Waals surface area contributed by atoms with Crippen LogP contribution < -0.4 is 0 Å². The van der Waals surface area contributed by atoms with E-state index in [1.165, 1.54) is 24.1 Å². The van der Waals surface area contributed by atoms with Crippen LogP contribution in [0, 0.1) is 0 Å². The molecule has 2 aliphatic rings. The molecule has 1 atom stereocenters. The fourth-order valence-electron chi connectivity index (χ4n) is 4.71. The van der Waals surface area contributed by atoms with Crippen LogP contribution in [0.4, 0.5) is 0 Å². The fraction of sp³-hybridized carbons (Fsp3) is 0.560. The third-order valence-corrected chi connectivity index (χ3v) is 7.38. The maximum absolute atomic E-state index is 13.2. The third-order valence-electron chi connectivity index (χ3n) is 6.44. The zero-order chi connectivity index (χ0) is 22.2. The van der Waals surface area contributed by atoms with Crippen molar-refractivity contribution in [3.8, 4) is 0 Å². The lowest BCUT2D eigenvalue weighted by Crippen LogP contribution is -2.46. The molecule has 0 spiro atoms. The number of aromatic nitrogens is 1. The number of carbonyl (C=O) groups excluding carboxylic acids is 2. The summed E-state index contributed by atoms with van der Waals surface area (Å²) in [6.07, 6.45) is 11.2. The van der Waals surface area contributed by atoms with E-state index in [9.17, 15) is 9.59 Å². The van der Waals surface area contributed by atoms with Crippen LogP contribution in [-0.4, -0.2) is 58.4 Å². The lowest BCUT2D eigenvalue weighted by Gasteiger charge is -2.34. The lowest BCUT2D eigenvalue weighted by atomic mass is 9.94. The van der Waals surface area contributed by atoms with Gasteiger partial charge in [0.05, 0.1) is 19.3 Å². The van der Waals surface area contributed by atoms with Gasteiger partial charge in [-0.1, -0.05) is 31.4 Å². The van der Waals surface area contributed by atoms with Gasteiger partial charge in [0.15, 0.2) is 0 Å². The van der Waals surface area contributed by atoms with E-state index in [1.54, 1.807) is 28.6 Å². The summed E-state index contributed by atoms with van der Waals surface area (Å²) < 4.78 is 6.24. The molecular formula is C25H33N3O3S. The highest BCUT2D eigenvalue weighted by atomic mass is 32.1. The molecule has 0 aromatic carbocycles. The number of ether oxygens (including phenoxy) is 1.